The second-order valence-corrected chi connectivity index (χ2v) is 5.38. The fourth-order valence-corrected chi connectivity index (χ4v) is 1.62. The number of aromatic hydroxyl groups is 4. The first-order valence-electron chi connectivity index (χ1n) is 8.17. The molecule has 0 aromatic heterocycles. The third-order valence-corrected chi connectivity index (χ3v) is 3.01. The van der Waals surface area contributed by atoms with Gasteiger partial charge in [0.05, 0.1) is 0 Å². The number of benzene rings is 2. The van der Waals surface area contributed by atoms with Crippen molar-refractivity contribution in [2.45, 2.75) is 0 Å². The Morgan fingerprint density at radius 2 is 0.935 bits per heavy atom. The minimum atomic E-state index is -1.06. The summed E-state index contributed by atoms with van der Waals surface area (Å²) >= 11 is 0. The van der Waals surface area contributed by atoms with Gasteiger partial charge in [0.2, 0.25) is 0 Å². The Balaban J connectivity index is 0.000000479. The van der Waals surface area contributed by atoms with Crippen LogP contribution < -0.4 is 0 Å². The molecule has 164 valence electrons. The SMILES string of the molecule is C=CC(=O)O.O=C(O)/C=C/c1ccc(O)c(O)c1.O=C(O)C=Cc1ccc(O)c(O)c1. The molecule has 0 spiro atoms. The molecule has 0 radical (unpaired) electrons. The van der Waals surface area contributed by atoms with E-state index in [-0.39, 0.29) is 23.0 Å². The van der Waals surface area contributed by atoms with Crippen LogP contribution >= 0.6 is 0 Å². The molecule has 0 aliphatic heterocycles. The zero-order valence-corrected chi connectivity index (χ0v) is 15.9. The Morgan fingerprint density at radius 1 is 0.613 bits per heavy atom. The van der Waals surface area contributed by atoms with E-state index >= 15 is 0 Å². The van der Waals surface area contributed by atoms with E-state index in [0.29, 0.717) is 11.1 Å². The van der Waals surface area contributed by atoms with Gasteiger partial charge in [0.1, 0.15) is 0 Å². The molecule has 0 bridgehead atoms. The Kier molecular flexibility index (Phi) is 11.4. The van der Waals surface area contributed by atoms with E-state index in [1.165, 1.54) is 48.6 Å². The van der Waals surface area contributed by atoms with Gasteiger partial charge in [0.15, 0.2) is 23.0 Å². The van der Waals surface area contributed by atoms with Crippen LogP contribution in [0.15, 0.2) is 61.2 Å². The number of aliphatic carboxylic acids is 3. The summed E-state index contributed by atoms with van der Waals surface area (Å²) in [5, 5.41) is 60.1. The lowest BCUT2D eigenvalue weighted by atomic mass is 10.2. The molecule has 0 atom stereocenters. The van der Waals surface area contributed by atoms with E-state index in [4.69, 9.17) is 35.7 Å². The number of carbonyl (C=O) groups is 3. The molecule has 0 heterocycles. The van der Waals surface area contributed by atoms with Crippen LogP contribution in [-0.2, 0) is 14.4 Å². The summed E-state index contributed by atoms with van der Waals surface area (Å²) < 4.78 is 0. The van der Waals surface area contributed by atoms with Crippen LogP contribution in [0.5, 0.6) is 23.0 Å². The van der Waals surface area contributed by atoms with Gasteiger partial charge < -0.3 is 35.7 Å². The maximum absolute atomic E-state index is 10.1. The van der Waals surface area contributed by atoms with Crippen molar-refractivity contribution in [3.8, 4) is 23.0 Å². The Morgan fingerprint density at radius 3 is 1.16 bits per heavy atom. The van der Waals surface area contributed by atoms with Crippen molar-refractivity contribution in [1.29, 1.82) is 0 Å². The van der Waals surface area contributed by atoms with E-state index in [1.54, 1.807) is 0 Å². The Bertz CT molecular complexity index is 918. The van der Waals surface area contributed by atoms with Gasteiger partial charge in [0.25, 0.3) is 0 Å². The van der Waals surface area contributed by atoms with Crippen LogP contribution in [0.3, 0.4) is 0 Å². The second-order valence-electron chi connectivity index (χ2n) is 5.38. The summed E-state index contributed by atoms with van der Waals surface area (Å²) in [7, 11) is 0. The van der Waals surface area contributed by atoms with Crippen molar-refractivity contribution in [2.75, 3.05) is 0 Å². The molecular formula is C21H20O10. The monoisotopic (exact) mass is 432 g/mol. The van der Waals surface area contributed by atoms with E-state index < -0.39 is 17.9 Å². The van der Waals surface area contributed by atoms with Gasteiger partial charge >= 0.3 is 17.9 Å². The molecule has 0 saturated heterocycles. The number of carboxylic acid groups (broad SMARTS) is 3. The maximum atomic E-state index is 10.1. The lowest BCUT2D eigenvalue weighted by Gasteiger charge is -1.97. The molecule has 2 rings (SSSR count). The van der Waals surface area contributed by atoms with Crippen LogP contribution in [0, 0.1) is 0 Å². The van der Waals surface area contributed by atoms with Crippen molar-refractivity contribution in [1.82, 2.24) is 0 Å². The third kappa shape index (κ3) is 12.4. The molecule has 0 aliphatic carbocycles. The van der Waals surface area contributed by atoms with Gasteiger partial charge in [-0.05, 0) is 47.5 Å². The summed E-state index contributed by atoms with van der Waals surface area (Å²) in [5.41, 5.74) is 1.02. The molecule has 10 nitrogen and oxygen atoms in total. The van der Waals surface area contributed by atoms with Crippen LogP contribution in [0.25, 0.3) is 12.2 Å². The van der Waals surface area contributed by atoms with E-state index in [9.17, 15) is 14.4 Å². The predicted molar refractivity (Wildman–Crippen MR) is 111 cm³/mol. The number of carboxylic acids is 3. The van der Waals surface area contributed by atoms with Gasteiger partial charge in [-0.2, -0.15) is 0 Å². The molecule has 2 aromatic carbocycles. The first-order valence-corrected chi connectivity index (χ1v) is 8.17. The quantitative estimate of drug-likeness (QED) is 0.273. The highest BCUT2D eigenvalue weighted by Gasteiger charge is 1.98. The van der Waals surface area contributed by atoms with Gasteiger partial charge in [-0.15, -0.1) is 0 Å². The van der Waals surface area contributed by atoms with Gasteiger partial charge in [-0.3, -0.25) is 0 Å². The summed E-state index contributed by atoms with van der Waals surface area (Å²) in [6.45, 7) is 2.96. The molecule has 0 fully saturated rings. The highest BCUT2D eigenvalue weighted by Crippen LogP contribution is 2.26. The minimum absolute atomic E-state index is 0.229. The molecule has 10 heteroatoms. The summed E-state index contributed by atoms with van der Waals surface area (Å²) in [4.78, 5) is 29.5. The molecule has 7 N–H and O–H groups in total. The molecule has 0 unspecified atom stereocenters. The van der Waals surface area contributed by atoms with Gasteiger partial charge in [0, 0.05) is 18.2 Å². The van der Waals surface area contributed by atoms with Crippen LogP contribution in [-0.4, -0.2) is 53.7 Å². The third-order valence-electron chi connectivity index (χ3n) is 3.01. The lowest BCUT2D eigenvalue weighted by molar-refractivity contribution is -0.132. The first-order chi connectivity index (χ1) is 14.5. The smallest absolute Gasteiger partial charge is 0.328 e. The summed E-state index contributed by atoms with van der Waals surface area (Å²) in [6.07, 6.45) is 5.38. The number of hydrogen-bond acceptors (Lipinski definition) is 7. The average molecular weight is 432 g/mol. The predicted octanol–water partition coefficient (Wildman–Crippen LogP) is 2.65. The molecular weight excluding hydrogens is 412 g/mol. The fraction of sp³-hybridized carbons (Fsp3) is 0. The fourth-order valence-electron chi connectivity index (χ4n) is 1.62. The molecule has 31 heavy (non-hydrogen) atoms. The topological polar surface area (TPSA) is 193 Å². The molecule has 2 aromatic rings. The lowest BCUT2D eigenvalue weighted by Crippen LogP contribution is -1.85. The average Bonchev–Trinajstić information content (AvgIpc) is 2.70. The molecule has 0 amide bonds. The number of hydrogen-bond donors (Lipinski definition) is 7. The largest absolute Gasteiger partial charge is 0.504 e. The van der Waals surface area contributed by atoms with Crippen molar-refractivity contribution in [2.24, 2.45) is 0 Å². The number of phenols is 4. The zero-order valence-electron chi connectivity index (χ0n) is 15.9. The first kappa shape index (κ1) is 26.3. The Hall–Kier alpha value is -4.73. The highest BCUT2D eigenvalue weighted by atomic mass is 16.4. The molecule has 0 saturated carbocycles. The maximum Gasteiger partial charge on any atom is 0.328 e. The summed E-state index contributed by atoms with van der Waals surface area (Å²) in [5.74, 6) is -4.11. The zero-order chi connectivity index (χ0) is 24.0. The normalized spacial score (nSPS) is 9.81. The van der Waals surface area contributed by atoms with Crippen molar-refractivity contribution in [3.63, 3.8) is 0 Å². The van der Waals surface area contributed by atoms with Crippen LogP contribution in [0.4, 0.5) is 0 Å². The Labute approximate surface area is 176 Å². The van der Waals surface area contributed by atoms with Crippen LogP contribution in [0.2, 0.25) is 0 Å². The van der Waals surface area contributed by atoms with E-state index in [1.807, 2.05) is 0 Å². The standard InChI is InChI=1S/2C9H8O4.C3H4O2/c2*10-7-3-1-6(5-8(7)11)2-4-9(12)13;1-2-3(4)5/h2*1-5,10-11H,(H,12,13);2H,1H2,(H,4,5)/b4-2+;;. The van der Waals surface area contributed by atoms with Crippen molar-refractivity contribution < 1.29 is 50.1 Å². The second kappa shape index (κ2) is 13.4. The number of rotatable bonds is 5. The van der Waals surface area contributed by atoms with E-state index in [0.717, 1.165) is 18.2 Å². The van der Waals surface area contributed by atoms with Gasteiger partial charge in [-0.25, -0.2) is 14.4 Å². The van der Waals surface area contributed by atoms with Crippen molar-refractivity contribution >= 4 is 30.1 Å². The summed E-state index contributed by atoms with van der Waals surface area (Å²) in [6, 6.07) is 8.11. The van der Waals surface area contributed by atoms with Crippen LogP contribution in [0.1, 0.15) is 11.1 Å². The minimum Gasteiger partial charge on any atom is -0.504 e. The molecule has 0 aliphatic rings. The van der Waals surface area contributed by atoms with E-state index in [2.05, 4.69) is 6.58 Å². The van der Waals surface area contributed by atoms with Gasteiger partial charge in [-0.1, -0.05) is 18.7 Å². The van der Waals surface area contributed by atoms with Crippen molar-refractivity contribution in [3.05, 3.63) is 72.3 Å². The highest BCUT2D eigenvalue weighted by molar-refractivity contribution is 5.86. The number of phenolic OH excluding ortho intramolecular Hbond substituents is 4.